The standard InChI is InChI=1S/C17H16/c1-4-14(3)15-8-6-10-17(12-15)16-9-5-7-13(2)11-16/h4-12H,1,3H2,2H3. The summed E-state index contributed by atoms with van der Waals surface area (Å²) in [7, 11) is 0. The molecule has 0 saturated heterocycles. The van der Waals surface area contributed by atoms with Crippen LogP contribution in [0.5, 0.6) is 0 Å². The van der Waals surface area contributed by atoms with E-state index in [1.165, 1.54) is 16.7 Å². The summed E-state index contributed by atoms with van der Waals surface area (Å²) in [5, 5.41) is 0. The highest BCUT2D eigenvalue weighted by atomic mass is 14.0. The molecule has 0 aromatic heterocycles. The molecule has 0 atom stereocenters. The first-order chi connectivity index (χ1) is 8.20. The van der Waals surface area contributed by atoms with Gasteiger partial charge in [0, 0.05) is 0 Å². The van der Waals surface area contributed by atoms with Crippen molar-refractivity contribution >= 4 is 5.57 Å². The monoisotopic (exact) mass is 220 g/mol. The summed E-state index contributed by atoms with van der Waals surface area (Å²) in [6.45, 7) is 9.84. The van der Waals surface area contributed by atoms with Crippen molar-refractivity contribution in [1.82, 2.24) is 0 Å². The maximum atomic E-state index is 3.98. The second kappa shape index (κ2) is 4.84. The average molecular weight is 220 g/mol. The highest BCUT2D eigenvalue weighted by Gasteiger charge is 2.00. The molecule has 0 spiro atoms. The molecule has 2 aromatic rings. The lowest BCUT2D eigenvalue weighted by atomic mass is 9.99. The second-order valence-electron chi connectivity index (χ2n) is 4.18. The molecule has 0 radical (unpaired) electrons. The van der Waals surface area contributed by atoms with E-state index in [0.29, 0.717) is 0 Å². The molecule has 0 bridgehead atoms. The van der Waals surface area contributed by atoms with Crippen molar-refractivity contribution in [1.29, 1.82) is 0 Å². The second-order valence-corrected chi connectivity index (χ2v) is 4.18. The smallest absolute Gasteiger partial charge is 0.0178 e. The zero-order chi connectivity index (χ0) is 12.3. The highest BCUT2D eigenvalue weighted by molar-refractivity contribution is 5.76. The van der Waals surface area contributed by atoms with Crippen molar-refractivity contribution in [2.75, 3.05) is 0 Å². The van der Waals surface area contributed by atoms with Crippen molar-refractivity contribution in [3.63, 3.8) is 0 Å². The van der Waals surface area contributed by atoms with Crippen LogP contribution < -0.4 is 0 Å². The SMILES string of the molecule is C=CC(=C)c1cccc(-c2cccc(C)c2)c1. The van der Waals surface area contributed by atoms with E-state index in [9.17, 15) is 0 Å². The molecular formula is C17H16. The lowest BCUT2D eigenvalue weighted by Crippen LogP contribution is -1.83. The molecule has 0 aliphatic carbocycles. The topological polar surface area (TPSA) is 0 Å². The zero-order valence-electron chi connectivity index (χ0n) is 10.1. The van der Waals surface area contributed by atoms with Gasteiger partial charge in [-0.25, -0.2) is 0 Å². The first-order valence-electron chi connectivity index (χ1n) is 5.69. The molecule has 0 N–H and O–H groups in total. The van der Waals surface area contributed by atoms with Gasteiger partial charge < -0.3 is 0 Å². The molecule has 0 nitrogen and oxygen atoms in total. The molecule has 0 aliphatic rings. The summed E-state index contributed by atoms with van der Waals surface area (Å²) in [5.41, 5.74) is 5.81. The fourth-order valence-electron chi connectivity index (χ4n) is 1.84. The zero-order valence-corrected chi connectivity index (χ0v) is 10.1. The van der Waals surface area contributed by atoms with Crippen LogP contribution in [0.15, 0.2) is 67.8 Å². The summed E-state index contributed by atoms with van der Waals surface area (Å²) < 4.78 is 0. The average Bonchev–Trinajstić information content (AvgIpc) is 2.38. The quantitative estimate of drug-likeness (QED) is 0.648. The minimum absolute atomic E-state index is 0.958. The Balaban J connectivity index is 2.46. The van der Waals surface area contributed by atoms with E-state index >= 15 is 0 Å². The van der Waals surface area contributed by atoms with Gasteiger partial charge >= 0.3 is 0 Å². The summed E-state index contributed by atoms with van der Waals surface area (Å²) >= 11 is 0. The molecule has 2 aromatic carbocycles. The van der Waals surface area contributed by atoms with Crippen LogP contribution in [0.3, 0.4) is 0 Å². The minimum Gasteiger partial charge on any atom is -0.0985 e. The number of rotatable bonds is 3. The minimum atomic E-state index is 0.958. The fraction of sp³-hybridized carbons (Fsp3) is 0.0588. The van der Waals surface area contributed by atoms with Gasteiger partial charge in [0.05, 0.1) is 0 Å². The Kier molecular flexibility index (Phi) is 3.24. The summed E-state index contributed by atoms with van der Waals surface area (Å²) in [4.78, 5) is 0. The van der Waals surface area contributed by atoms with Crippen LogP contribution in [0.25, 0.3) is 16.7 Å². The maximum absolute atomic E-state index is 3.98. The van der Waals surface area contributed by atoms with Gasteiger partial charge in [-0.05, 0) is 35.3 Å². The first-order valence-corrected chi connectivity index (χ1v) is 5.69. The van der Waals surface area contributed by atoms with Crippen molar-refractivity contribution in [3.8, 4) is 11.1 Å². The van der Waals surface area contributed by atoms with E-state index in [0.717, 1.165) is 11.1 Å². The van der Waals surface area contributed by atoms with E-state index in [-0.39, 0.29) is 0 Å². The molecular weight excluding hydrogens is 204 g/mol. The third-order valence-electron chi connectivity index (χ3n) is 2.83. The Morgan fingerprint density at radius 1 is 1.00 bits per heavy atom. The van der Waals surface area contributed by atoms with Crippen molar-refractivity contribution in [2.24, 2.45) is 0 Å². The van der Waals surface area contributed by atoms with Crippen LogP contribution >= 0.6 is 0 Å². The summed E-state index contributed by atoms with van der Waals surface area (Å²) in [6.07, 6.45) is 1.79. The van der Waals surface area contributed by atoms with Crippen LogP contribution in [0, 0.1) is 6.92 Å². The van der Waals surface area contributed by atoms with Gasteiger partial charge in [0.25, 0.3) is 0 Å². The van der Waals surface area contributed by atoms with Crippen molar-refractivity contribution < 1.29 is 0 Å². The van der Waals surface area contributed by atoms with Gasteiger partial charge in [0.15, 0.2) is 0 Å². The predicted molar refractivity (Wildman–Crippen MR) is 75.8 cm³/mol. The number of allylic oxidation sites excluding steroid dienone is 2. The van der Waals surface area contributed by atoms with Crippen LogP contribution in [-0.4, -0.2) is 0 Å². The van der Waals surface area contributed by atoms with Crippen molar-refractivity contribution in [2.45, 2.75) is 6.92 Å². The highest BCUT2D eigenvalue weighted by Crippen LogP contribution is 2.24. The molecule has 0 aliphatic heterocycles. The van der Waals surface area contributed by atoms with Crippen LogP contribution in [0.2, 0.25) is 0 Å². The van der Waals surface area contributed by atoms with Gasteiger partial charge in [-0.3, -0.25) is 0 Å². The normalized spacial score (nSPS) is 9.94. The lowest BCUT2D eigenvalue weighted by Gasteiger charge is -2.06. The van der Waals surface area contributed by atoms with Crippen LogP contribution in [0.1, 0.15) is 11.1 Å². The van der Waals surface area contributed by atoms with Gasteiger partial charge in [-0.2, -0.15) is 0 Å². The van der Waals surface area contributed by atoms with Gasteiger partial charge in [-0.15, -0.1) is 0 Å². The lowest BCUT2D eigenvalue weighted by molar-refractivity contribution is 1.46. The van der Waals surface area contributed by atoms with E-state index in [1.807, 2.05) is 0 Å². The molecule has 84 valence electrons. The number of aryl methyl sites for hydroxylation is 1. The third-order valence-corrected chi connectivity index (χ3v) is 2.83. The predicted octanol–water partition coefficient (Wildman–Crippen LogP) is 4.86. The van der Waals surface area contributed by atoms with Crippen molar-refractivity contribution in [3.05, 3.63) is 78.9 Å². The van der Waals surface area contributed by atoms with E-state index < -0.39 is 0 Å². The Hall–Kier alpha value is -2.08. The first kappa shape index (κ1) is 11.4. The number of hydrogen-bond donors (Lipinski definition) is 0. The van der Waals surface area contributed by atoms with Gasteiger partial charge in [-0.1, -0.05) is 67.3 Å². The Bertz CT molecular complexity index is 562. The molecule has 0 heterocycles. The molecule has 0 heteroatoms. The van der Waals surface area contributed by atoms with Gasteiger partial charge in [0.1, 0.15) is 0 Å². The molecule has 0 unspecified atom stereocenters. The molecule has 0 saturated carbocycles. The Labute approximate surface area is 103 Å². The van der Waals surface area contributed by atoms with Gasteiger partial charge in [0.2, 0.25) is 0 Å². The Morgan fingerprint density at radius 2 is 1.65 bits per heavy atom. The Morgan fingerprint density at radius 3 is 2.29 bits per heavy atom. The van der Waals surface area contributed by atoms with E-state index in [4.69, 9.17) is 0 Å². The van der Waals surface area contributed by atoms with Crippen LogP contribution in [-0.2, 0) is 0 Å². The van der Waals surface area contributed by atoms with E-state index in [1.54, 1.807) is 6.08 Å². The molecule has 0 fully saturated rings. The molecule has 2 rings (SSSR count). The largest absolute Gasteiger partial charge is 0.0985 e. The fourth-order valence-corrected chi connectivity index (χ4v) is 1.84. The van der Waals surface area contributed by atoms with E-state index in [2.05, 4.69) is 68.6 Å². The maximum Gasteiger partial charge on any atom is -0.0178 e. The molecule has 17 heavy (non-hydrogen) atoms. The third kappa shape index (κ3) is 2.54. The number of benzene rings is 2. The molecule has 0 amide bonds. The summed E-state index contributed by atoms with van der Waals surface area (Å²) in [5.74, 6) is 0. The summed E-state index contributed by atoms with van der Waals surface area (Å²) in [6, 6.07) is 16.9. The van der Waals surface area contributed by atoms with Crippen LogP contribution in [0.4, 0.5) is 0 Å². The number of hydrogen-bond acceptors (Lipinski definition) is 0.